The van der Waals surface area contributed by atoms with Gasteiger partial charge in [-0.25, -0.2) is 13.8 Å². The van der Waals surface area contributed by atoms with E-state index in [2.05, 4.69) is 4.98 Å². The molecule has 0 saturated carbocycles. The van der Waals surface area contributed by atoms with Crippen molar-refractivity contribution in [2.75, 3.05) is 0 Å². The summed E-state index contributed by atoms with van der Waals surface area (Å²) >= 11 is 0. The van der Waals surface area contributed by atoms with Crippen LogP contribution in [0.3, 0.4) is 0 Å². The molecule has 0 fully saturated rings. The standard InChI is InChI=1S/C7H3F6N/c8-5-1-4(7(11,12)13)3(2-14-5)6(9)10/h1-2,6H. The Morgan fingerprint density at radius 3 is 2.21 bits per heavy atom. The molecule has 1 aromatic rings. The summed E-state index contributed by atoms with van der Waals surface area (Å²) < 4.78 is 72.5. The number of alkyl halides is 5. The van der Waals surface area contributed by atoms with Crippen LogP contribution >= 0.6 is 0 Å². The summed E-state index contributed by atoms with van der Waals surface area (Å²) in [5.41, 5.74) is -3.01. The van der Waals surface area contributed by atoms with Gasteiger partial charge in [-0.3, -0.25) is 0 Å². The lowest BCUT2D eigenvalue weighted by atomic mass is 10.1. The molecule has 1 heterocycles. The van der Waals surface area contributed by atoms with Gasteiger partial charge in [0.05, 0.1) is 5.56 Å². The molecule has 1 rings (SSSR count). The van der Waals surface area contributed by atoms with Gasteiger partial charge < -0.3 is 0 Å². The van der Waals surface area contributed by atoms with Crippen molar-refractivity contribution < 1.29 is 26.3 Å². The first-order chi connectivity index (χ1) is 6.32. The molecule has 0 aliphatic carbocycles. The maximum Gasteiger partial charge on any atom is 0.417 e. The molecule has 0 N–H and O–H groups in total. The van der Waals surface area contributed by atoms with E-state index in [0.717, 1.165) is 0 Å². The van der Waals surface area contributed by atoms with Crippen molar-refractivity contribution in [3.63, 3.8) is 0 Å². The highest BCUT2D eigenvalue weighted by Gasteiger charge is 2.36. The van der Waals surface area contributed by atoms with E-state index in [1.807, 2.05) is 0 Å². The Bertz CT molecular complexity index is 331. The van der Waals surface area contributed by atoms with E-state index in [9.17, 15) is 26.3 Å². The van der Waals surface area contributed by atoms with Crippen molar-refractivity contribution in [1.29, 1.82) is 0 Å². The van der Waals surface area contributed by atoms with E-state index in [0.29, 0.717) is 0 Å². The summed E-state index contributed by atoms with van der Waals surface area (Å²) in [4.78, 5) is 2.73. The second-order valence-electron chi connectivity index (χ2n) is 2.39. The van der Waals surface area contributed by atoms with Crippen LogP contribution in [0.4, 0.5) is 26.3 Å². The Morgan fingerprint density at radius 2 is 1.79 bits per heavy atom. The molecule has 0 aromatic carbocycles. The monoisotopic (exact) mass is 215 g/mol. The van der Waals surface area contributed by atoms with E-state index >= 15 is 0 Å². The van der Waals surface area contributed by atoms with Crippen molar-refractivity contribution in [2.45, 2.75) is 12.6 Å². The van der Waals surface area contributed by atoms with Crippen LogP contribution in [0.5, 0.6) is 0 Å². The molecule has 0 aliphatic rings. The number of hydrogen-bond donors (Lipinski definition) is 0. The van der Waals surface area contributed by atoms with E-state index in [1.165, 1.54) is 0 Å². The summed E-state index contributed by atoms with van der Waals surface area (Å²) in [5, 5.41) is 0. The third kappa shape index (κ3) is 2.15. The topological polar surface area (TPSA) is 12.9 Å². The molecule has 0 amide bonds. The summed E-state index contributed by atoms with van der Waals surface area (Å²) in [6, 6.07) is -0.0541. The van der Waals surface area contributed by atoms with E-state index in [4.69, 9.17) is 0 Å². The molecule has 0 unspecified atom stereocenters. The molecule has 0 aliphatic heterocycles. The highest BCUT2D eigenvalue weighted by molar-refractivity contribution is 5.27. The summed E-state index contributed by atoms with van der Waals surface area (Å²) in [6.45, 7) is 0. The van der Waals surface area contributed by atoms with Gasteiger partial charge in [0.15, 0.2) is 0 Å². The highest BCUT2D eigenvalue weighted by Crippen LogP contribution is 2.35. The lowest BCUT2D eigenvalue weighted by molar-refractivity contribution is -0.139. The highest BCUT2D eigenvalue weighted by atomic mass is 19.4. The first kappa shape index (κ1) is 10.8. The molecule has 1 aromatic heterocycles. The normalized spacial score (nSPS) is 12.2. The molecular weight excluding hydrogens is 212 g/mol. The van der Waals surface area contributed by atoms with Crippen LogP contribution in [0.2, 0.25) is 0 Å². The Hall–Kier alpha value is -1.27. The summed E-state index contributed by atoms with van der Waals surface area (Å²) in [7, 11) is 0. The lowest BCUT2D eigenvalue weighted by Gasteiger charge is -2.11. The second-order valence-corrected chi connectivity index (χ2v) is 2.39. The van der Waals surface area contributed by atoms with Gasteiger partial charge in [0, 0.05) is 17.8 Å². The van der Waals surface area contributed by atoms with Gasteiger partial charge in [-0.05, 0) is 0 Å². The zero-order valence-electron chi connectivity index (χ0n) is 6.45. The number of halogens is 6. The zero-order valence-corrected chi connectivity index (χ0v) is 6.45. The fraction of sp³-hybridized carbons (Fsp3) is 0.286. The minimum absolute atomic E-state index is 0.0541. The number of hydrogen-bond acceptors (Lipinski definition) is 1. The molecule has 78 valence electrons. The van der Waals surface area contributed by atoms with Crippen molar-refractivity contribution in [3.05, 3.63) is 29.3 Å². The van der Waals surface area contributed by atoms with Gasteiger partial charge in [-0.1, -0.05) is 0 Å². The average Bonchev–Trinajstić information content (AvgIpc) is 2.01. The van der Waals surface area contributed by atoms with Gasteiger partial charge in [0.1, 0.15) is 0 Å². The predicted octanol–water partition coefficient (Wildman–Crippen LogP) is 3.18. The molecule has 14 heavy (non-hydrogen) atoms. The van der Waals surface area contributed by atoms with Crippen LogP contribution in [0.15, 0.2) is 12.3 Å². The number of aromatic nitrogens is 1. The zero-order chi connectivity index (χ0) is 10.9. The number of rotatable bonds is 1. The molecule has 0 radical (unpaired) electrons. The molecule has 0 bridgehead atoms. The van der Waals surface area contributed by atoms with Crippen LogP contribution in [-0.4, -0.2) is 4.98 Å². The average molecular weight is 215 g/mol. The van der Waals surface area contributed by atoms with Crippen molar-refractivity contribution in [1.82, 2.24) is 4.98 Å². The van der Waals surface area contributed by atoms with Crippen LogP contribution in [0.25, 0.3) is 0 Å². The summed E-state index contributed by atoms with van der Waals surface area (Å²) in [5.74, 6) is -1.44. The minimum atomic E-state index is -5.00. The molecular formula is C7H3F6N. The Labute approximate surface area is 74.4 Å². The van der Waals surface area contributed by atoms with E-state index in [1.54, 1.807) is 0 Å². The maximum atomic E-state index is 12.3. The van der Waals surface area contributed by atoms with Crippen molar-refractivity contribution in [3.8, 4) is 0 Å². The third-order valence-corrected chi connectivity index (χ3v) is 1.44. The van der Waals surface area contributed by atoms with Crippen LogP contribution in [0.1, 0.15) is 17.6 Å². The first-order valence-corrected chi connectivity index (χ1v) is 3.33. The second kappa shape index (κ2) is 3.47. The minimum Gasteiger partial charge on any atom is -0.228 e. The van der Waals surface area contributed by atoms with Crippen molar-refractivity contribution in [2.24, 2.45) is 0 Å². The van der Waals surface area contributed by atoms with Crippen LogP contribution in [-0.2, 0) is 6.18 Å². The van der Waals surface area contributed by atoms with Gasteiger partial charge in [-0.2, -0.15) is 17.6 Å². The molecule has 0 saturated heterocycles. The Morgan fingerprint density at radius 1 is 1.21 bits per heavy atom. The van der Waals surface area contributed by atoms with Crippen LogP contribution in [0, 0.1) is 5.95 Å². The third-order valence-electron chi connectivity index (χ3n) is 1.44. The smallest absolute Gasteiger partial charge is 0.228 e. The molecule has 0 spiro atoms. The molecule has 1 nitrogen and oxygen atoms in total. The summed E-state index contributed by atoms with van der Waals surface area (Å²) in [6.07, 6.45) is -8.15. The van der Waals surface area contributed by atoms with E-state index in [-0.39, 0.29) is 12.3 Å². The lowest BCUT2D eigenvalue weighted by Crippen LogP contribution is -2.11. The first-order valence-electron chi connectivity index (χ1n) is 3.33. The number of nitrogens with zero attached hydrogens (tertiary/aromatic N) is 1. The predicted molar refractivity (Wildman–Crippen MR) is 34.2 cm³/mol. The largest absolute Gasteiger partial charge is 0.417 e. The van der Waals surface area contributed by atoms with Gasteiger partial charge in [-0.15, -0.1) is 0 Å². The van der Waals surface area contributed by atoms with Crippen molar-refractivity contribution >= 4 is 0 Å². The van der Waals surface area contributed by atoms with Crippen LogP contribution < -0.4 is 0 Å². The van der Waals surface area contributed by atoms with Gasteiger partial charge in [0.2, 0.25) is 5.95 Å². The fourth-order valence-corrected chi connectivity index (χ4v) is 0.860. The number of pyridine rings is 1. The van der Waals surface area contributed by atoms with Gasteiger partial charge in [0.25, 0.3) is 6.43 Å². The van der Waals surface area contributed by atoms with Gasteiger partial charge >= 0.3 is 6.18 Å². The molecule has 0 atom stereocenters. The Kier molecular flexibility index (Phi) is 2.68. The Balaban J connectivity index is 3.30. The quantitative estimate of drug-likeness (QED) is 0.517. The fourth-order valence-electron chi connectivity index (χ4n) is 0.860. The SMILES string of the molecule is Fc1cc(C(F)(F)F)c(C(F)F)cn1. The van der Waals surface area contributed by atoms with E-state index < -0.39 is 29.7 Å². The maximum absolute atomic E-state index is 12.3. The molecule has 7 heteroatoms.